The molecule has 1 fully saturated rings. The molecule has 0 unspecified atom stereocenters. The molecule has 0 spiro atoms. The number of thioether (sulfide) groups is 1. The highest BCUT2D eigenvalue weighted by molar-refractivity contribution is 14.0. The lowest BCUT2D eigenvalue weighted by Crippen LogP contribution is -2.40. The summed E-state index contributed by atoms with van der Waals surface area (Å²) in [6.07, 6.45) is 4.24. The number of hydrogen-bond donors (Lipinski definition) is 2. The minimum Gasteiger partial charge on any atom is -0.478 e. The molecular weight excluding hydrogens is 471 g/mol. The first-order chi connectivity index (χ1) is 12.7. The maximum absolute atomic E-state index is 5.45. The molecule has 1 aromatic carbocycles. The number of nitrogens with zero attached hydrogens (tertiary/aromatic N) is 2. The number of ether oxygens (including phenoxy) is 1. The predicted octanol–water partition coefficient (Wildman–Crippen LogP) is 4.09. The van der Waals surface area contributed by atoms with E-state index in [-0.39, 0.29) is 28.7 Å². The van der Waals surface area contributed by atoms with Gasteiger partial charge in [-0.2, -0.15) is 0 Å². The molecule has 2 N–H and O–H groups in total. The maximum Gasteiger partial charge on any atom is 0.213 e. The van der Waals surface area contributed by atoms with Gasteiger partial charge >= 0.3 is 0 Å². The van der Waals surface area contributed by atoms with Gasteiger partial charge in [0.05, 0.1) is 6.61 Å². The second kappa shape index (κ2) is 10.8. The number of guanidine groups is 1. The summed E-state index contributed by atoms with van der Waals surface area (Å²) in [6.45, 7) is 4.17. The van der Waals surface area contributed by atoms with E-state index in [0.29, 0.717) is 19.0 Å². The van der Waals surface area contributed by atoms with Crippen molar-refractivity contribution in [3.63, 3.8) is 0 Å². The van der Waals surface area contributed by atoms with Crippen LogP contribution in [0.1, 0.15) is 25.3 Å². The first-order valence-corrected chi connectivity index (χ1v) is 9.81. The van der Waals surface area contributed by atoms with Gasteiger partial charge in [0.15, 0.2) is 5.96 Å². The van der Waals surface area contributed by atoms with Crippen LogP contribution in [0.25, 0.3) is 0 Å². The van der Waals surface area contributed by atoms with Crippen molar-refractivity contribution in [3.8, 4) is 5.88 Å². The molecule has 0 amide bonds. The monoisotopic (exact) mass is 498 g/mol. The number of benzene rings is 1. The quantitative estimate of drug-likeness (QED) is 0.326. The SMILES string of the molecule is CCOc1cc(CNC(=NC)NCC2(Sc3ccccc3)CC2)ccn1.I. The van der Waals surface area contributed by atoms with Crippen molar-refractivity contribution < 1.29 is 4.74 Å². The number of hydrogen-bond acceptors (Lipinski definition) is 4. The lowest BCUT2D eigenvalue weighted by molar-refractivity contribution is 0.326. The summed E-state index contributed by atoms with van der Waals surface area (Å²) in [6, 6.07) is 14.5. The van der Waals surface area contributed by atoms with Crippen molar-refractivity contribution in [2.45, 2.75) is 36.0 Å². The van der Waals surface area contributed by atoms with Crippen molar-refractivity contribution in [1.82, 2.24) is 15.6 Å². The van der Waals surface area contributed by atoms with Crippen LogP contribution in [0, 0.1) is 0 Å². The smallest absolute Gasteiger partial charge is 0.213 e. The molecular formula is C20H27IN4OS. The Labute approximate surface area is 182 Å². The van der Waals surface area contributed by atoms with Crippen LogP contribution in [0.3, 0.4) is 0 Å². The van der Waals surface area contributed by atoms with E-state index in [1.54, 1.807) is 13.2 Å². The number of rotatable bonds is 8. The molecule has 0 saturated heterocycles. The molecule has 1 saturated carbocycles. The first kappa shape index (κ1) is 21.8. The lowest BCUT2D eigenvalue weighted by atomic mass is 10.2. The van der Waals surface area contributed by atoms with Gasteiger partial charge in [-0.25, -0.2) is 4.98 Å². The Morgan fingerprint density at radius 3 is 2.67 bits per heavy atom. The van der Waals surface area contributed by atoms with Gasteiger partial charge in [-0.1, -0.05) is 18.2 Å². The summed E-state index contributed by atoms with van der Waals surface area (Å²) in [4.78, 5) is 9.86. The van der Waals surface area contributed by atoms with E-state index in [4.69, 9.17) is 4.74 Å². The van der Waals surface area contributed by atoms with Crippen molar-refractivity contribution in [3.05, 3.63) is 54.2 Å². The molecule has 3 rings (SSSR count). The van der Waals surface area contributed by atoms with Crippen LogP contribution in [0.2, 0.25) is 0 Å². The van der Waals surface area contributed by atoms with Gasteiger partial charge in [0, 0.05) is 42.0 Å². The van der Waals surface area contributed by atoms with Crippen LogP contribution in [0.5, 0.6) is 5.88 Å². The zero-order valence-electron chi connectivity index (χ0n) is 15.8. The molecule has 146 valence electrons. The van der Waals surface area contributed by atoms with Crippen LogP contribution in [-0.4, -0.2) is 35.9 Å². The van der Waals surface area contributed by atoms with Crippen LogP contribution < -0.4 is 15.4 Å². The Hall–Kier alpha value is -1.48. The van der Waals surface area contributed by atoms with Crippen LogP contribution >= 0.6 is 35.7 Å². The summed E-state index contributed by atoms with van der Waals surface area (Å²) in [5, 5.41) is 6.84. The molecule has 1 heterocycles. The zero-order valence-corrected chi connectivity index (χ0v) is 18.9. The number of halogens is 1. The standard InChI is InChI=1S/C20H26N4OS.HI/c1-3-25-18-13-16(9-12-22-18)14-23-19(21-2)24-15-20(10-11-20)26-17-7-5-4-6-8-17;/h4-9,12-13H,3,10-11,14-15H2,1-2H3,(H2,21,23,24);1H. The Balaban J connectivity index is 0.00000261. The third kappa shape index (κ3) is 6.88. The molecule has 0 bridgehead atoms. The van der Waals surface area contributed by atoms with E-state index in [0.717, 1.165) is 18.1 Å². The lowest BCUT2D eigenvalue weighted by Gasteiger charge is -2.18. The van der Waals surface area contributed by atoms with E-state index in [1.807, 2.05) is 30.8 Å². The molecule has 0 radical (unpaired) electrons. The molecule has 0 atom stereocenters. The van der Waals surface area contributed by atoms with E-state index < -0.39 is 0 Å². The van der Waals surface area contributed by atoms with Crippen LogP contribution in [-0.2, 0) is 6.54 Å². The second-order valence-corrected chi connectivity index (χ2v) is 7.85. The summed E-state index contributed by atoms with van der Waals surface area (Å²) in [7, 11) is 1.80. The molecule has 2 aromatic rings. The third-order valence-electron chi connectivity index (χ3n) is 4.24. The van der Waals surface area contributed by atoms with Crippen molar-refractivity contribution in [2.75, 3.05) is 20.2 Å². The van der Waals surface area contributed by atoms with Gasteiger partial charge in [0.1, 0.15) is 0 Å². The van der Waals surface area contributed by atoms with Gasteiger partial charge in [-0.05, 0) is 43.5 Å². The number of pyridine rings is 1. The van der Waals surface area contributed by atoms with Crippen LogP contribution in [0.4, 0.5) is 0 Å². The summed E-state index contributed by atoms with van der Waals surface area (Å²) >= 11 is 1.96. The average molecular weight is 498 g/mol. The Kier molecular flexibility index (Phi) is 8.69. The minimum absolute atomic E-state index is 0. The fourth-order valence-electron chi connectivity index (χ4n) is 2.63. The van der Waals surface area contributed by atoms with Gasteiger partial charge < -0.3 is 15.4 Å². The number of nitrogens with one attached hydrogen (secondary N) is 2. The van der Waals surface area contributed by atoms with E-state index in [1.165, 1.54) is 17.7 Å². The van der Waals surface area contributed by atoms with Gasteiger partial charge in [-0.3, -0.25) is 4.99 Å². The molecule has 7 heteroatoms. The normalized spacial score (nSPS) is 14.8. The van der Waals surface area contributed by atoms with Crippen molar-refractivity contribution in [1.29, 1.82) is 0 Å². The predicted molar refractivity (Wildman–Crippen MR) is 123 cm³/mol. The molecule has 1 aromatic heterocycles. The minimum atomic E-state index is 0. The highest BCUT2D eigenvalue weighted by Gasteiger charge is 2.43. The third-order valence-corrected chi connectivity index (χ3v) is 5.73. The zero-order chi connectivity index (χ0) is 18.2. The van der Waals surface area contributed by atoms with E-state index in [2.05, 4.69) is 50.9 Å². The largest absolute Gasteiger partial charge is 0.478 e. The van der Waals surface area contributed by atoms with Crippen molar-refractivity contribution in [2.24, 2.45) is 4.99 Å². The molecule has 0 aliphatic heterocycles. The molecule has 1 aliphatic carbocycles. The first-order valence-electron chi connectivity index (χ1n) is 8.99. The molecule has 27 heavy (non-hydrogen) atoms. The highest BCUT2D eigenvalue weighted by atomic mass is 127. The highest BCUT2D eigenvalue weighted by Crippen LogP contribution is 2.51. The molecule has 1 aliphatic rings. The number of aromatic nitrogens is 1. The number of aliphatic imine (C=N–C) groups is 1. The summed E-state index contributed by atoms with van der Waals surface area (Å²) in [5.74, 6) is 1.48. The van der Waals surface area contributed by atoms with E-state index >= 15 is 0 Å². The van der Waals surface area contributed by atoms with Crippen molar-refractivity contribution >= 4 is 41.7 Å². The van der Waals surface area contributed by atoms with Crippen LogP contribution in [0.15, 0.2) is 58.5 Å². The van der Waals surface area contributed by atoms with Gasteiger partial charge in [0.2, 0.25) is 5.88 Å². The van der Waals surface area contributed by atoms with Gasteiger partial charge in [-0.15, -0.1) is 35.7 Å². The summed E-state index contributed by atoms with van der Waals surface area (Å²) in [5.41, 5.74) is 1.12. The Morgan fingerprint density at radius 2 is 2.00 bits per heavy atom. The van der Waals surface area contributed by atoms with E-state index in [9.17, 15) is 0 Å². The van der Waals surface area contributed by atoms with Gasteiger partial charge in [0.25, 0.3) is 0 Å². The Bertz CT molecular complexity index is 738. The topological polar surface area (TPSA) is 58.5 Å². The summed E-state index contributed by atoms with van der Waals surface area (Å²) < 4.78 is 5.74. The second-order valence-electron chi connectivity index (χ2n) is 6.31. The fraction of sp³-hybridized carbons (Fsp3) is 0.400. The maximum atomic E-state index is 5.45. The fourth-order valence-corrected chi connectivity index (χ4v) is 3.88. The molecule has 5 nitrogen and oxygen atoms in total. The average Bonchev–Trinajstić information content (AvgIpc) is 3.43. The Morgan fingerprint density at radius 1 is 1.22 bits per heavy atom.